The Hall–Kier alpha value is -1.70. The Labute approximate surface area is 130 Å². The summed E-state index contributed by atoms with van der Waals surface area (Å²) >= 11 is 0. The molecule has 2 heterocycles. The molecule has 0 radical (unpaired) electrons. The molecule has 1 atom stereocenters. The minimum absolute atomic E-state index is 0.00329. The highest BCUT2D eigenvalue weighted by molar-refractivity contribution is 7.91. The average molecular weight is 326 g/mol. The van der Waals surface area contributed by atoms with Crippen LogP contribution in [0.5, 0.6) is 0 Å². The van der Waals surface area contributed by atoms with E-state index in [9.17, 15) is 13.2 Å². The second kappa shape index (κ2) is 7.04. The minimum Gasteiger partial charge on any atom is -0.370 e. The van der Waals surface area contributed by atoms with E-state index in [4.69, 9.17) is 0 Å². The third-order valence-electron chi connectivity index (χ3n) is 3.50. The Balaban J connectivity index is 1.92. The first-order valence-electron chi connectivity index (χ1n) is 7.43. The number of hydrogen-bond donors (Lipinski definition) is 2. The SMILES string of the molecule is CC(C)CCNc1cc(C(=O)NC2CCS(=O)(=O)C2)ncn1. The van der Waals surface area contributed by atoms with E-state index >= 15 is 0 Å². The zero-order valence-corrected chi connectivity index (χ0v) is 13.7. The van der Waals surface area contributed by atoms with E-state index in [0.717, 1.165) is 13.0 Å². The lowest BCUT2D eigenvalue weighted by Crippen LogP contribution is -2.36. The molecule has 0 bridgehead atoms. The van der Waals surface area contributed by atoms with E-state index in [1.54, 1.807) is 6.07 Å². The first kappa shape index (κ1) is 16.7. The summed E-state index contributed by atoms with van der Waals surface area (Å²) in [6.07, 6.45) is 2.79. The van der Waals surface area contributed by atoms with Crippen molar-refractivity contribution < 1.29 is 13.2 Å². The molecule has 1 fully saturated rings. The number of hydrogen-bond acceptors (Lipinski definition) is 6. The number of carbonyl (C=O) groups excluding carboxylic acids is 1. The number of sulfone groups is 1. The molecule has 2 rings (SSSR count). The normalized spacial score (nSPS) is 20.0. The predicted molar refractivity (Wildman–Crippen MR) is 84.5 cm³/mol. The summed E-state index contributed by atoms with van der Waals surface area (Å²) in [6.45, 7) is 5.04. The van der Waals surface area contributed by atoms with Crippen molar-refractivity contribution in [3.8, 4) is 0 Å². The maximum Gasteiger partial charge on any atom is 0.270 e. The van der Waals surface area contributed by atoms with Crippen LogP contribution < -0.4 is 10.6 Å². The van der Waals surface area contributed by atoms with Gasteiger partial charge in [0.25, 0.3) is 5.91 Å². The van der Waals surface area contributed by atoms with E-state index in [1.807, 2.05) is 0 Å². The van der Waals surface area contributed by atoms with Crippen molar-refractivity contribution in [3.05, 3.63) is 18.1 Å². The van der Waals surface area contributed by atoms with Gasteiger partial charge in [-0.2, -0.15) is 0 Å². The highest BCUT2D eigenvalue weighted by Crippen LogP contribution is 2.12. The number of carbonyl (C=O) groups is 1. The first-order valence-corrected chi connectivity index (χ1v) is 9.25. The standard InChI is InChI=1S/C14H22N4O3S/c1-10(2)3-5-15-13-7-12(16-9-17-13)14(19)18-11-4-6-22(20,21)8-11/h7,9-11H,3-6,8H2,1-2H3,(H,18,19)(H,15,16,17). The van der Waals surface area contributed by atoms with Gasteiger partial charge in [-0.3, -0.25) is 4.79 Å². The molecule has 0 spiro atoms. The molecule has 1 aliphatic heterocycles. The summed E-state index contributed by atoms with van der Waals surface area (Å²) in [4.78, 5) is 20.1. The van der Waals surface area contributed by atoms with E-state index in [1.165, 1.54) is 6.33 Å². The molecule has 0 aromatic carbocycles. The van der Waals surface area contributed by atoms with Gasteiger partial charge in [-0.25, -0.2) is 18.4 Å². The molecular weight excluding hydrogens is 304 g/mol. The van der Waals surface area contributed by atoms with Gasteiger partial charge < -0.3 is 10.6 Å². The Morgan fingerprint density at radius 2 is 2.18 bits per heavy atom. The van der Waals surface area contributed by atoms with Crippen molar-refractivity contribution in [3.63, 3.8) is 0 Å². The Kier molecular flexibility index (Phi) is 5.33. The van der Waals surface area contributed by atoms with Gasteiger partial charge in [-0.05, 0) is 18.8 Å². The zero-order chi connectivity index (χ0) is 16.2. The Bertz CT molecular complexity index is 631. The second-order valence-corrected chi connectivity index (χ2v) is 8.20. The lowest BCUT2D eigenvalue weighted by atomic mass is 10.1. The van der Waals surface area contributed by atoms with Gasteiger partial charge in [-0.15, -0.1) is 0 Å². The molecule has 1 amide bonds. The Morgan fingerprint density at radius 3 is 2.82 bits per heavy atom. The van der Waals surface area contributed by atoms with Crippen LogP contribution in [-0.4, -0.2) is 48.4 Å². The number of rotatable bonds is 6. The highest BCUT2D eigenvalue weighted by atomic mass is 32.2. The highest BCUT2D eigenvalue weighted by Gasteiger charge is 2.29. The summed E-state index contributed by atoms with van der Waals surface area (Å²) in [5.74, 6) is 0.949. The molecule has 22 heavy (non-hydrogen) atoms. The molecule has 1 unspecified atom stereocenters. The monoisotopic (exact) mass is 326 g/mol. The van der Waals surface area contributed by atoms with Crippen LogP contribution in [0.15, 0.2) is 12.4 Å². The molecule has 8 heteroatoms. The number of aromatic nitrogens is 2. The number of nitrogens with one attached hydrogen (secondary N) is 2. The third-order valence-corrected chi connectivity index (χ3v) is 5.26. The molecule has 1 aliphatic rings. The van der Waals surface area contributed by atoms with E-state index in [2.05, 4.69) is 34.4 Å². The fourth-order valence-electron chi connectivity index (χ4n) is 2.24. The van der Waals surface area contributed by atoms with E-state index < -0.39 is 9.84 Å². The van der Waals surface area contributed by atoms with Gasteiger partial charge in [0.15, 0.2) is 9.84 Å². The average Bonchev–Trinajstić information content (AvgIpc) is 2.78. The number of amides is 1. The van der Waals surface area contributed by atoms with Crippen LogP contribution in [0.2, 0.25) is 0 Å². The van der Waals surface area contributed by atoms with Crippen molar-refractivity contribution in [1.29, 1.82) is 0 Å². The van der Waals surface area contributed by atoms with E-state index in [-0.39, 0.29) is 29.1 Å². The summed E-state index contributed by atoms with van der Waals surface area (Å²) in [7, 11) is -3.01. The largest absolute Gasteiger partial charge is 0.370 e. The lowest BCUT2D eigenvalue weighted by Gasteiger charge is -2.11. The maximum atomic E-state index is 12.1. The van der Waals surface area contributed by atoms with Crippen LogP contribution in [0.3, 0.4) is 0 Å². The van der Waals surface area contributed by atoms with Gasteiger partial charge >= 0.3 is 0 Å². The van der Waals surface area contributed by atoms with Gasteiger partial charge in [-0.1, -0.05) is 13.8 Å². The fraction of sp³-hybridized carbons (Fsp3) is 0.643. The summed E-state index contributed by atoms with van der Waals surface area (Å²) in [6, 6.07) is 1.25. The van der Waals surface area contributed by atoms with Crippen molar-refractivity contribution in [2.75, 3.05) is 23.4 Å². The van der Waals surface area contributed by atoms with Crippen molar-refractivity contribution in [2.24, 2.45) is 5.92 Å². The molecule has 122 valence electrons. The summed E-state index contributed by atoms with van der Waals surface area (Å²) in [5.41, 5.74) is 0.242. The van der Waals surface area contributed by atoms with Crippen LogP contribution in [0.4, 0.5) is 5.82 Å². The minimum atomic E-state index is -3.01. The predicted octanol–water partition coefficient (Wildman–Crippen LogP) is 0.851. The van der Waals surface area contributed by atoms with Gasteiger partial charge in [0.2, 0.25) is 0 Å². The van der Waals surface area contributed by atoms with Gasteiger partial charge in [0.1, 0.15) is 17.8 Å². The van der Waals surface area contributed by atoms with Gasteiger partial charge in [0.05, 0.1) is 11.5 Å². The summed E-state index contributed by atoms with van der Waals surface area (Å²) < 4.78 is 22.8. The quantitative estimate of drug-likeness (QED) is 0.804. The topological polar surface area (TPSA) is 101 Å². The molecule has 1 aromatic rings. The van der Waals surface area contributed by atoms with Crippen molar-refractivity contribution in [2.45, 2.75) is 32.7 Å². The van der Waals surface area contributed by atoms with Crippen LogP contribution >= 0.6 is 0 Å². The molecule has 2 N–H and O–H groups in total. The molecular formula is C14H22N4O3S. The summed E-state index contributed by atoms with van der Waals surface area (Å²) in [5, 5.41) is 5.87. The second-order valence-electron chi connectivity index (χ2n) is 5.97. The first-order chi connectivity index (χ1) is 10.4. The lowest BCUT2D eigenvalue weighted by molar-refractivity contribution is 0.0936. The molecule has 1 aromatic heterocycles. The van der Waals surface area contributed by atoms with Crippen LogP contribution in [0.1, 0.15) is 37.2 Å². The smallest absolute Gasteiger partial charge is 0.270 e. The molecule has 0 aliphatic carbocycles. The van der Waals surface area contributed by atoms with E-state index in [0.29, 0.717) is 18.2 Å². The molecule has 1 saturated heterocycles. The fourth-order valence-corrected chi connectivity index (χ4v) is 3.91. The number of nitrogens with zero attached hydrogens (tertiary/aromatic N) is 2. The zero-order valence-electron chi connectivity index (χ0n) is 12.9. The Morgan fingerprint density at radius 1 is 1.41 bits per heavy atom. The number of anilines is 1. The van der Waals surface area contributed by atoms with Crippen molar-refractivity contribution >= 4 is 21.6 Å². The third kappa shape index (κ3) is 4.94. The van der Waals surface area contributed by atoms with Gasteiger partial charge in [0, 0.05) is 18.7 Å². The molecule has 0 saturated carbocycles. The molecule has 7 nitrogen and oxygen atoms in total. The van der Waals surface area contributed by atoms with Crippen LogP contribution in [0.25, 0.3) is 0 Å². The van der Waals surface area contributed by atoms with Crippen LogP contribution in [0, 0.1) is 5.92 Å². The van der Waals surface area contributed by atoms with Crippen LogP contribution in [-0.2, 0) is 9.84 Å². The maximum absolute atomic E-state index is 12.1. The van der Waals surface area contributed by atoms with Crippen molar-refractivity contribution in [1.82, 2.24) is 15.3 Å².